The Labute approximate surface area is 170 Å². The summed E-state index contributed by atoms with van der Waals surface area (Å²) in [4.78, 5) is 28.1. The number of nitrogens with zero attached hydrogens (tertiary/aromatic N) is 5. The highest BCUT2D eigenvalue weighted by molar-refractivity contribution is 5.92. The molecule has 0 aliphatic carbocycles. The number of hydrogen-bond acceptors (Lipinski definition) is 5. The molecule has 2 saturated heterocycles. The number of carbonyl (C=O) groups is 1. The molecule has 6 nitrogen and oxygen atoms in total. The van der Waals surface area contributed by atoms with Crippen molar-refractivity contribution >= 4 is 23.7 Å². The van der Waals surface area contributed by atoms with Crippen LogP contribution in [-0.4, -0.2) is 60.0 Å². The van der Waals surface area contributed by atoms with Crippen LogP contribution in [0.25, 0.3) is 6.08 Å². The number of amides is 1. The van der Waals surface area contributed by atoms with Gasteiger partial charge in [0.2, 0.25) is 11.9 Å². The number of anilines is 2. The van der Waals surface area contributed by atoms with Crippen LogP contribution in [0, 0.1) is 12.7 Å². The second-order valence-electron chi connectivity index (χ2n) is 7.53. The van der Waals surface area contributed by atoms with Gasteiger partial charge in [-0.05, 0) is 31.9 Å². The van der Waals surface area contributed by atoms with Gasteiger partial charge in [-0.3, -0.25) is 4.79 Å². The minimum atomic E-state index is -0.327. The lowest BCUT2D eigenvalue weighted by Crippen LogP contribution is -2.49. The molecule has 1 aromatic carbocycles. The number of aromatic nitrogens is 2. The van der Waals surface area contributed by atoms with Crippen LogP contribution in [0.4, 0.5) is 16.2 Å². The number of hydrogen-bond donors (Lipinski definition) is 0. The number of rotatable bonds is 4. The van der Waals surface area contributed by atoms with Crippen LogP contribution in [0.1, 0.15) is 24.1 Å². The van der Waals surface area contributed by atoms with E-state index in [1.807, 2.05) is 13.0 Å². The molecule has 2 aliphatic rings. The average Bonchev–Trinajstić information content (AvgIpc) is 3.28. The van der Waals surface area contributed by atoms with E-state index in [1.165, 1.54) is 31.1 Å². The van der Waals surface area contributed by atoms with Gasteiger partial charge in [0, 0.05) is 62.7 Å². The molecule has 29 heavy (non-hydrogen) atoms. The Morgan fingerprint density at radius 2 is 1.72 bits per heavy atom. The maximum atomic E-state index is 13.7. The fraction of sp³-hybridized carbons (Fsp3) is 0.409. The van der Waals surface area contributed by atoms with E-state index in [9.17, 15) is 9.18 Å². The minimum absolute atomic E-state index is 0.101. The van der Waals surface area contributed by atoms with Gasteiger partial charge in [-0.2, -0.15) is 4.98 Å². The number of aryl methyl sites for hydroxylation is 1. The van der Waals surface area contributed by atoms with Crippen LogP contribution in [-0.2, 0) is 4.79 Å². The molecule has 0 N–H and O–H groups in total. The molecule has 152 valence electrons. The molecule has 3 heterocycles. The molecule has 0 unspecified atom stereocenters. The van der Waals surface area contributed by atoms with Crippen molar-refractivity contribution in [2.45, 2.75) is 19.8 Å². The third-order valence-electron chi connectivity index (χ3n) is 5.44. The molecule has 0 atom stereocenters. The summed E-state index contributed by atoms with van der Waals surface area (Å²) in [5.74, 6) is 1.31. The van der Waals surface area contributed by atoms with Gasteiger partial charge in [0.05, 0.1) is 0 Å². The minimum Gasteiger partial charge on any atom is -0.356 e. The van der Waals surface area contributed by atoms with Gasteiger partial charge in [-0.25, -0.2) is 9.37 Å². The summed E-state index contributed by atoms with van der Waals surface area (Å²) in [6, 6.07) is 8.48. The third-order valence-corrected chi connectivity index (χ3v) is 5.44. The van der Waals surface area contributed by atoms with Crippen molar-refractivity contribution in [3.63, 3.8) is 0 Å². The normalized spacial score (nSPS) is 17.4. The summed E-state index contributed by atoms with van der Waals surface area (Å²) < 4.78 is 13.7. The summed E-state index contributed by atoms with van der Waals surface area (Å²) in [7, 11) is 0. The Kier molecular flexibility index (Phi) is 5.74. The second-order valence-corrected chi connectivity index (χ2v) is 7.53. The molecule has 2 aliphatic heterocycles. The highest BCUT2D eigenvalue weighted by Gasteiger charge is 2.23. The van der Waals surface area contributed by atoms with Gasteiger partial charge >= 0.3 is 0 Å². The first-order chi connectivity index (χ1) is 14.1. The molecule has 2 fully saturated rings. The zero-order valence-electron chi connectivity index (χ0n) is 16.7. The van der Waals surface area contributed by atoms with Crippen molar-refractivity contribution < 1.29 is 9.18 Å². The molecule has 0 spiro atoms. The van der Waals surface area contributed by atoms with Crippen LogP contribution in [0.5, 0.6) is 0 Å². The lowest BCUT2D eigenvalue weighted by molar-refractivity contribution is -0.126. The van der Waals surface area contributed by atoms with Crippen molar-refractivity contribution in [1.82, 2.24) is 14.9 Å². The number of piperazine rings is 1. The third kappa shape index (κ3) is 4.55. The maximum absolute atomic E-state index is 13.7. The Hall–Kier alpha value is -2.96. The number of benzene rings is 1. The average molecular weight is 395 g/mol. The van der Waals surface area contributed by atoms with E-state index in [0.717, 1.165) is 30.5 Å². The quantitative estimate of drug-likeness (QED) is 0.745. The molecule has 2 aromatic rings. The molecule has 0 radical (unpaired) electrons. The van der Waals surface area contributed by atoms with Crippen LogP contribution < -0.4 is 9.80 Å². The molecule has 1 aromatic heterocycles. The summed E-state index contributed by atoms with van der Waals surface area (Å²) in [5, 5.41) is 0. The SMILES string of the molecule is Cc1cc(N2CCCC2)nc(N2CCN(C(=O)/C=C/c3ccccc3F)CC2)n1. The lowest BCUT2D eigenvalue weighted by Gasteiger charge is -2.34. The maximum Gasteiger partial charge on any atom is 0.246 e. The summed E-state index contributed by atoms with van der Waals surface area (Å²) in [6.07, 6.45) is 5.40. The standard InChI is InChI=1S/C22H26FN5O/c1-17-16-20(26-10-4-5-11-26)25-22(24-17)28-14-12-27(13-15-28)21(29)9-8-18-6-2-3-7-19(18)23/h2-3,6-9,16H,4-5,10-15H2,1H3/b9-8+. The lowest BCUT2D eigenvalue weighted by atomic mass is 10.2. The summed E-state index contributed by atoms with van der Waals surface area (Å²) >= 11 is 0. The van der Waals surface area contributed by atoms with Gasteiger partial charge in [0.1, 0.15) is 11.6 Å². The first kappa shape index (κ1) is 19.4. The van der Waals surface area contributed by atoms with Crippen molar-refractivity contribution in [3.05, 3.63) is 53.5 Å². The van der Waals surface area contributed by atoms with Gasteiger partial charge in [-0.15, -0.1) is 0 Å². The van der Waals surface area contributed by atoms with Crippen molar-refractivity contribution in [2.75, 3.05) is 49.1 Å². The molecular formula is C22H26FN5O. The van der Waals surface area contributed by atoms with E-state index < -0.39 is 0 Å². The van der Waals surface area contributed by atoms with Crippen LogP contribution >= 0.6 is 0 Å². The van der Waals surface area contributed by atoms with Gasteiger partial charge in [0.25, 0.3) is 0 Å². The van der Waals surface area contributed by atoms with Crippen molar-refractivity contribution in [1.29, 1.82) is 0 Å². The fourth-order valence-electron chi connectivity index (χ4n) is 3.79. The van der Waals surface area contributed by atoms with E-state index >= 15 is 0 Å². The van der Waals surface area contributed by atoms with E-state index in [-0.39, 0.29) is 11.7 Å². The predicted octanol–water partition coefficient (Wildman–Crippen LogP) is 2.89. The first-order valence-electron chi connectivity index (χ1n) is 10.2. The Morgan fingerprint density at radius 1 is 1.00 bits per heavy atom. The van der Waals surface area contributed by atoms with Crippen LogP contribution in [0.3, 0.4) is 0 Å². The Morgan fingerprint density at radius 3 is 2.45 bits per heavy atom. The van der Waals surface area contributed by atoms with E-state index in [2.05, 4.69) is 14.8 Å². The van der Waals surface area contributed by atoms with E-state index in [1.54, 1.807) is 23.1 Å². The van der Waals surface area contributed by atoms with E-state index in [0.29, 0.717) is 31.7 Å². The zero-order chi connectivity index (χ0) is 20.2. The molecule has 7 heteroatoms. The van der Waals surface area contributed by atoms with Crippen LogP contribution in [0.15, 0.2) is 36.4 Å². The summed E-state index contributed by atoms with van der Waals surface area (Å²) in [6.45, 7) is 6.65. The molecular weight excluding hydrogens is 369 g/mol. The zero-order valence-corrected chi connectivity index (χ0v) is 16.7. The fourth-order valence-corrected chi connectivity index (χ4v) is 3.79. The molecule has 4 rings (SSSR count). The number of halogens is 1. The summed E-state index contributed by atoms with van der Waals surface area (Å²) in [5.41, 5.74) is 1.38. The highest BCUT2D eigenvalue weighted by atomic mass is 19.1. The second kappa shape index (κ2) is 8.59. The van der Waals surface area contributed by atoms with Gasteiger partial charge in [-0.1, -0.05) is 18.2 Å². The topological polar surface area (TPSA) is 52.6 Å². The van der Waals surface area contributed by atoms with E-state index in [4.69, 9.17) is 4.98 Å². The largest absolute Gasteiger partial charge is 0.356 e. The Balaban J connectivity index is 1.38. The molecule has 0 bridgehead atoms. The van der Waals surface area contributed by atoms with Crippen molar-refractivity contribution in [2.24, 2.45) is 0 Å². The highest BCUT2D eigenvalue weighted by Crippen LogP contribution is 2.22. The number of carbonyl (C=O) groups excluding carboxylic acids is 1. The monoisotopic (exact) mass is 395 g/mol. The van der Waals surface area contributed by atoms with Gasteiger partial charge < -0.3 is 14.7 Å². The molecule has 0 saturated carbocycles. The molecule has 1 amide bonds. The predicted molar refractivity (Wildman–Crippen MR) is 112 cm³/mol. The van der Waals surface area contributed by atoms with Gasteiger partial charge in [0.15, 0.2) is 0 Å². The smallest absolute Gasteiger partial charge is 0.246 e. The van der Waals surface area contributed by atoms with Crippen molar-refractivity contribution in [3.8, 4) is 0 Å². The Bertz CT molecular complexity index is 902. The first-order valence-corrected chi connectivity index (χ1v) is 10.2. The van der Waals surface area contributed by atoms with Crippen LogP contribution in [0.2, 0.25) is 0 Å².